The Labute approximate surface area is 103 Å². The molecule has 0 spiro atoms. The van der Waals surface area contributed by atoms with Gasteiger partial charge in [0.05, 0.1) is 7.11 Å². The molecule has 1 aliphatic rings. The molecule has 3 N–H and O–H groups in total. The minimum absolute atomic E-state index is 0.0615. The Morgan fingerprint density at radius 1 is 1.53 bits per heavy atom. The summed E-state index contributed by atoms with van der Waals surface area (Å²) in [6.07, 6.45) is 2.32. The van der Waals surface area contributed by atoms with Crippen LogP contribution in [0.1, 0.15) is 24.4 Å². The van der Waals surface area contributed by atoms with E-state index in [0.29, 0.717) is 11.7 Å². The van der Waals surface area contributed by atoms with Gasteiger partial charge in [0.25, 0.3) is 0 Å². The average molecular weight is 319 g/mol. The normalized spacial score (nSPS) is 17.5. The third-order valence-electron chi connectivity index (χ3n) is 2.78. The molecule has 3 nitrogen and oxygen atoms in total. The van der Waals surface area contributed by atoms with Crippen LogP contribution in [0.5, 0.6) is 11.5 Å². The van der Waals surface area contributed by atoms with Gasteiger partial charge in [-0.3, -0.25) is 0 Å². The SMILES string of the molecule is COc1cc(I)cc(C(N)C2CC2)c1O. The molecule has 82 valence electrons. The highest BCUT2D eigenvalue weighted by molar-refractivity contribution is 14.1. The maximum atomic E-state index is 9.95. The summed E-state index contributed by atoms with van der Waals surface area (Å²) in [6.45, 7) is 0. The molecule has 0 aromatic heterocycles. The van der Waals surface area contributed by atoms with E-state index in [1.54, 1.807) is 13.2 Å². The number of hydrogen-bond acceptors (Lipinski definition) is 3. The summed E-state index contributed by atoms with van der Waals surface area (Å²) in [4.78, 5) is 0. The van der Waals surface area contributed by atoms with Gasteiger partial charge in [-0.15, -0.1) is 0 Å². The second-order valence-corrected chi connectivity index (χ2v) is 5.15. The van der Waals surface area contributed by atoms with Crippen molar-refractivity contribution in [2.75, 3.05) is 7.11 Å². The lowest BCUT2D eigenvalue weighted by Gasteiger charge is -2.15. The molecule has 1 aliphatic carbocycles. The summed E-state index contributed by atoms with van der Waals surface area (Å²) in [5.41, 5.74) is 6.88. The Bertz CT molecular complexity index is 377. The first-order valence-electron chi connectivity index (χ1n) is 4.95. The molecule has 0 bridgehead atoms. The summed E-state index contributed by atoms with van der Waals surface area (Å²) in [5, 5.41) is 9.95. The van der Waals surface area contributed by atoms with Crippen molar-refractivity contribution in [3.05, 3.63) is 21.3 Å². The fourth-order valence-corrected chi connectivity index (χ4v) is 2.33. The first-order chi connectivity index (χ1) is 7.13. The number of hydrogen-bond donors (Lipinski definition) is 2. The van der Waals surface area contributed by atoms with Gasteiger partial charge < -0.3 is 15.6 Å². The van der Waals surface area contributed by atoms with Crippen molar-refractivity contribution >= 4 is 22.6 Å². The number of aromatic hydroxyl groups is 1. The summed E-state index contributed by atoms with van der Waals surface area (Å²) < 4.78 is 6.14. The second-order valence-electron chi connectivity index (χ2n) is 3.91. The van der Waals surface area contributed by atoms with E-state index in [1.807, 2.05) is 6.07 Å². The van der Waals surface area contributed by atoms with Gasteiger partial charge in [-0.2, -0.15) is 0 Å². The van der Waals surface area contributed by atoms with E-state index in [2.05, 4.69) is 22.6 Å². The van der Waals surface area contributed by atoms with E-state index in [-0.39, 0.29) is 11.8 Å². The van der Waals surface area contributed by atoms with Crippen LogP contribution in [0.25, 0.3) is 0 Å². The smallest absolute Gasteiger partial charge is 0.162 e. The number of ether oxygens (including phenoxy) is 1. The van der Waals surface area contributed by atoms with Crippen molar-refractivity contribution in [1.82, 2.24) is 0 Å². The molecule has 4 heteroatoms. The molecule has 1 aromatic rings. The first kappa shape index (κ1) is 11.0. The Balaban J connectivity index is 2.40. The predicted molar refractivity (Wildman–Crippen MR) is 67.0 cm³/mol. The van der Waals surface area contributed by atoms with E-state index in [0.717, 1.165) is 22.0 Å². The fraction of sp³-hybridized carbons (Fsp3) is 0.455. The molecule has 1 saturated carbocycles. The topological polar surface area (TPSA) is 55.5 Å². The highest BCUT2D eigenvalue weighted by Gasteiger charge is 2.31. The Morgan fingerprint density at radius 2 is 2.20 bits per heavy atom. The van der Waals surface area contributed by atoms with Crippen LogP contribution in [0.4, 0.5) is 0 Å². The summed E-state index contributed by atoms with van der Waals surface area (Å²) >= 11 is 2.20. The summed E-state index contributed by atoms with van der Waals surface area (Å²) in [5.74, 6) is 1.23. The van der Waals surface area contributed by atoms with Crippen LogP contribution in [0.3, 0.4) is 0 Å². The van der Waals surface area contributed by atoms with Gasteiger partial charge in [-0.25, -0.2) is 0 Å². The molecule has 0 saturated heterocycles. The quantitative estimate of drug-likeness (QED) is 0.841. The van der Waals surface area contributed by atoms with E-state index < -0.39 is 0 Å². The molecule has 0 radical (unpaired) electrons. The Morgan fingerprint density at radius 3 is 2.73 bits per heavy atom. The number of phenolic OH excluding ortho intramolecular Hbond substituents is 1. The first-order valence-corrected chi connectivity index (χ1v) is 6.03. The number of methoxy groups -OCH3 is 1. The standard InChI is InChI=1S/C11H14INO2/c1-15-9-5-7(12)4-8(11(9)14)10(13)6-2-3-6/h4-6,10,14H,2-3,13H2,1H3. The van der Waals surface area contributed by atoms with Gasteiger partial charge in [0.2, 0.25) is 0 Å². The van der Waals surface area contributed by atoms with E-state index >= 15 is 0 Å². The van der Waals surface area contributed by atoms with Crippen molar-refractivity contribution in [2.45, 2.75) is 18.9 Å². The van der Waals surface area contributed by atoms with Crippen LogP contribution in [-0.2, 0) is 0 Å². The lowest BCUT2D eigenvalue weighted by Crippen LogP contribution is -2.13. The zero-order chi connectivity index (χ0) is 11.0. The number of phenols is 1. The number of nitrogens with two attached hydrogens (primary N) is 1. The van der Waals surface area contributed by atoms with Crippen molar-refractivity contribution in [2.24, 2.45) is 11.7 Å². The molecular weight excluding hydrogens is 305 g/mol. The third-order valence-corrected chi connectivity index (χ3v) is 3.40. The van der Waals surface area contributed by atoms with E-state index in [1.165, 1.54) is 0 Å². The molecule has 2 rings (SSSR count). The number of halogens is 1. The van der Waals surface area contributed by atoms with Gasteiger partial charge in [-0.1, -0.05) is 0 Å². The third kappa shape index (κ3) is 2.20. The number of rotatable bonds is 3. The van der Waals surface area contributed by atoms with Crippen LogP contribution in [0.15, 0.2) is 12.1 Å². The molecule has 1 fully saturated rings. The van der Waals surface area contributed by atoms with Crippen molar-refractivity contribution < 1.29 is 9.84 Å². The van der Waals surface area contributed by atoms with Crippen LogP contribution in [0, 0.1) is 9.49 Å². The molecule has 15 heavy (non-hydrogen) atoms. The molecule has 0 heterocycles. The lowest BCUT2D eigenvalue weighted by molar-refractivity contribution is 0.367. The van der Waals surface area contributed by atoms with E-state index in [9.17, 15) is 5.11 Å². The fourth-order valence-electron chi connectivity index (χ4n) is 1.71. The Kier molecular flexibility index (Phi) is 3.06. The maximum Gasteiger partial charge on any atom is 0.162 e. The van der Waals surface area contributed by atoms with Gasteiger partial charge in [0, 0.05) is 15.2 Å². The minimum atomic E-state index is -0.0615. The van der Waals surface area contributed by atoms with Gasteiger partial charge >= 0.3 is 0 Å². The van der Waals surface area contributed by atoms with Crippen LogP contribution < -0.4 is 10.5 Å². The minimum Gasteiger partial charge on any atom is -0.504 e. The molecule has 0 aliphatic heterocycles. The lowest BCUT2D eigenvalue weighted by atomic mass is 10.0. The summed E-state index contributed by atoms with van der Waals surface area (Å²) in [6, 6.07) is 3.68. The zero-order valence-electron chi connectivity index (χ0n) is 8.53. The molecule has 0 amide bonds. The molecule has 1 atom stereocenters. The van der Waals surface area contributed by atoms with Crippen molar-refractivity contribution in [3.8, 4) is 11.5 Å². The maximum absolute atomic E-state index is 9.95. The van der Waals surface area contributed by atoms with Crippen molar-refractivity contribution in [3.63, 3.8) is 0 Å². The second kappa shape index (κ2) is 4.17. The van der Waals surface area contributed by atoms with Crippen LogP contribution in [0.2, 0.25) is 0 Å². The highest BCUT2D eigenvalue weighted by Crippen LogP contribution is 2.44. The Hall–Kier alpha value is -0.490. The highest BCUT2D eigenvalue weighted by atomic mass is 127. The summed E-state index contributed by atoms with van der Waals surface area (Å²) in [7, 11) is 1.55. The average Bonchev–Trinajstić information content (AvgIpc) is 3.03. The van der Waals surface area contributed by atoms with Gasteiger partial charge in [0.15, 0.2) is 11.5 Å². The number of benzene rings is 1. The van der Waals surface area contributed by atoms with Crippen LogP contribution in [-0.4, -0.2) is 12.2 Å². The van der Waals surface area contributed by atoms with Crippen molar-refractivity contribution in [1.29, 1.82) is 0 Å². The molecule has 1 aromatic carbocycles. The zero-order valence-corrected chi connectivity index (χ0v) is 10.7. The van der Waals surface area contributed by atoms with Crippen LogP contribution >= 0.6 is 22.6 Å². The van der Waals surface area contributed by atoms with Gasteiger partial charge in [0.1, 0.15) is 0 Å². The monoisotopic (exact) mass is 319 g/mol. The largest absolute Gasteiger partial charge is 0.504 e. The van der Waals surface area contributed by atoms with E-state index in [4.69, 9.17) is 10.5 Å². The van der Waals surface area contributed by atoms with Gasteiger partial charge in [-0.05, 0) is 53.5 Å². The molecular formula is C11H14INO2. The predicted octanol–water partition coefficient (Wildman–Crippen LogP) is 2.42. The molecule has 1 unspecified atom stereocenters.